The number of rotatable bonds is 6. The fourth-order valence-electron chi connectivity index (χ4n) is 2.08. The zero-order valence-corrected chi connectivity index (χ0v) is 13.9. The van der Waals surface area contributed by atoms with Crippen LogP contribution in [0.3, 0.4) is 0 Å². The highest BCUT2D eigenvalue weighted by molar-refractivity contribution is 7.74. The molecule has 0 aliphatic carbocycles. The second-order valence-electron chi connectivity index (χ2n) is 4.49. The summed E-state index contributed by atoms with van der Waals surface area (Å²) >= 11 is 5.83. The predicted molar refractivity (Wildman–Crippen MR) is 87.2 cm³/mol. The molecule has 0 saturated heterocycles. The van der Waals surface area contributed by atoms with Crippen molar-refractivity contribution in [1.29, 1.82) is 0 Å². The highest BCUT2D eigenvalue weighted by Gasteiger charge is 2.26. The van der Waals surface area contributed by atoms with Crippen LogP contribution in [0.4, 0.5) is 11.6 Å². The molecule has 1 unspecified atom stereocenters. The van der Waals surface area contributed by atoms with Gasteiger partial charge in [0.05, 0.1) is 12.8 Å². The number of esters is 1. The molecule has 0 saturated carbocycles. The van der Waals surface area contributed by atoms with Crippen molar-refractivity contribution in [3.05, 3.63) is 48.6 Å². The number of nitrogens with zero attached hydrogens (tertiary/aromatic N) is 3. The van der Waals surface area contributed by atoms with Gasteiger partial charge in [0.15, 0.2) is 0 Å². The molecule has 0 aliphatic heterocycles. The van der Waals surface area contributed by atoms with Crippen LogP contribution in [0.2, 0.25) is 5.02 Å². The molecule has 0 bridgehead atoms. The van der Waals surface area contributed by atoms with Gasteiger partial charge in [0.25, 0.3) is 0 Å². The van der Waals surface area contributed by atoms with Gasteiger partial charge in [0.2, 0.25) is 16.8 Å². The first-order chi connectivity index (χ1) is 11.0. The molecule has 0 fully saturated rings. The molecular formula is C14H15ClN3O4S. The fraction of sp³-hybridized carbons (Fsp3) is 0.214. The highest BCUT2D eigenvalue weighted by atomic mass is 35.5. The van der Waals surface area contributed by atoms with E-state index in [4.69, 9.17) is 16.3 Å². The number of hydrogen-bond donors (Lipinski definition) is 1. The van der Waals surface area contributed by atoms with E-state index in [-0.39, 0.29) is 12.4 Å². The van der Waals surface area contributed by atoms with E-state index in [1.54, 1.807) is 24.3 Å². The molecule has 1 radical (unpaired) electrons. The first kappa shape index (κ1) is 17.3. The molecule has 1 aromatic heterocycles. The van der Waals surface area contributed by atoms with Crippen molar-refractivity contribution in [2.45, 2.75) is 12.5 Å². The van der Waals surface area contributed by atoms with Gasteiger partial charge in [0.1, 0.15) is 6.04 Å². The van der Waals surface area contributed by atoms with E-state index in [0.717, 1.165) is 4.31 Å². The lowest BCUT2D eigenvalue weighted by Gasteiger charge is -2.22. The van der Waals surface area contributed by atoms with Gasteiger partial charge in [-0.2, -0.15) is 0 Å². The summed E-state index contributed by atoms with van der Waals surface area (Å²) in [6.45, 7) is 3.70. The number of benzene rings is 1. The summed E-state index contributed by atoms with van der Waals surface area (Å²) in [5.74, 6) is -0.459. The zero-order chi connectivity index (χ0) is 17.0. The third-order valence-corrected chi connectivity index (χ3v) is 4.14. The maximum Gasteiger partial charge on any atom is 0.328 e. The lowest BCUT2D eigenvalue weighted by molar-refractivity contribution is -0.144. The second-order valence-corrected chi connectivity index (χ2v) is 5.80. The Kier molecular flexibility index (Phi) is 5.62. The number of anilines is 2. The van der Waals surface area contributed by atoms with Crippen LogP contribution in [-0.2, 0) is 20.4 Å². The standard InChI is InChI=1S/C14H15ClN3O4S/c1-3-12(13(19)22-2)17-9-8-16-14(17)18(23(20)21)11-6-4-10(15)5-7-11/h4-9,12,23H,1,3H2,2H3. The largest absolute Gasteiger partial charge is 0.467 e. The first-order valence-electron chi connectivity index (χ1n) is 6.59. The van der Waals surface area contributed by atoms with Crippen LogP contribution in [0.15, 0.2) is 36.7 Å². The van der Waals surface area contributed by atoms with E-state index in [1.807, 2.05) is 0 Å². The minimum absolute atomic E-state index is 0.0717. The van der Waals surface area contributed by atoms with Gasteiger partial charge in [-0.05, 0) is 30.7 Å². The van der Waals surface area contributed by atoms with E-state index in [9.17, 15) is 13.2 Å². The summed E-state index contributed by atoms with van der Waals surface area (Å²) in [5.41, 5.74) is 0.352. The molecule has 9 heteroatoms. The number of imidazole rings is 1. The summed E-state index contributed by atoms with van der Waals surface area (Å²) in [6.07, 6.45) is 3.09. The monoisotopic (exact) mass is 356 g/mol. The van der Waals surface area contributed by atoms with Crippen LogP contribution in [0.1, 0.15) is 12.5 Å². The number of hydrogen-bond acceptors (Lipinski definition) is 5. The van der Waals surface area contributed by atoms with Crippen LogP contribution in [-0.4, -0.2) is 31.0 Å². The van der Waals surface area contributed by atoms with Crippen LogP contribution >= 0.6 is 11.6 Å². The lowest BCUT2D eigenvalue weighted by Crippen LogP contribution is -2.25. The lowest BCUT2D eigenvalue weighted by atomic mass is 10.2. The van der Waals surface area contributed by atoms with Crippen molar-refractivity contribution in [3.63, 3.8) is 0 Å². The Balaban J connectivity index is 2.52. The Bertz CT molecular complexity index is 750. The van der Waals surface area contributed by atoms with Crippen molar-refractivity contribution >= 4 is 40.1 Å². The summed E-state index contributed by atoms with van der Waals surface area (Å²) in [6, 6.07) is 5.44. The van der Waals surface area contributed by atoms with E-state index in [2.05, 4.69) is 11.9 Å². The van der Waals surface area contributed by atoms with Crippen LogP contribution in [0.5, 0.6) is 0 Å². The van der Waals surface area contributed by atoms with Gasteiger partial charge >= 0.3 is 5.97 Å². The number of methoxy groups -OCH3 is 1. The Hall–Kier alpha value is -2.06. The number of ether oxygens (including phenoxy) is 1. The van der Waals surface area contributed by atoms with Crippen molar-refractivity contribution in [2.24, 2.45) is 0 Å². The van der Waals surface area contributed by atoms with E-state index in [0.29, 0.717) is 10.7 Å². The fourth-order valence-corrected chi connectivity index (χ4v) is 2.83. The maximum atomic E-state index is 11.9. The Morgan fingerprint density at radius 2 is 2.09 bits per heavy atom. The molecule has 0 N–H and O–H groups in total. The molecular weight excluding hydrogens is 342 g/mol. The molecule has 23 heavy (non-hydrogen) atoms. The van der Waals surface area contributed by atoms with Crippen molar-refractivity contribution in [1.82, 2.24) is 9.55 Å². The summed E-state index contributed by atoms with van der Waals surface area (Å²) < 4.78 is 30.6. The van der Waals surface area contributed by atoms with Gasteiger partial charge in [-0.15, -0.1) is 0 Å². The van der Waals surface area contributed by atoms with Crippen LogP contribution in [0, 0.1) is 6.92 Å². The van der Waals surface area contributed by atoms with Crippen molar-refractivity contribution < 1.29 is 17.9 Å². The predicted octanol–water partition coefficient (Wildman–Crippen LogP) is 2.14. The van der Waals surface area contributed by atoms with Gasteiger partial charge in [0, 0.05) is 17.4 Å². The number of carbonyl (C=O) groups excluding carboxylic acids is 1. The zero-order valence-electron chi connectivity index (χ0n) is 12.3. The van der Waals surface area contributed by atoms with Crippen molar-refractivity contribution in [2.75, 3.05) is 11.4 Å². The van der Waals surface area contributed by atoms with Crippen molar-refractivity contribution in [3.8, 4) is 0 Å². The quantitative estimate of drug-likeness (QED) is 0.633. The van der Waals surface area contributed by atoms with E-state index >= 15 is 0 Å². The summed E-state index contributed by atoms with van der Waals surface area (Å²) in [5, 5.41) is 0.475. The molecule has 123 valence electrons. The maximum absolute atomic E-state index is 11.9. The minimum Gasteiger partial charge on any atom is -0.467 e. The molecule has 1 atom stereocenters. The second kappa shape index (κ2) is 7.47. The third kappa shape index (κ3) is 3.65. The van der Waals surface area contributed by atoms with Crippen LogP contribution in [0.25, 0.3) is 0 Å². The average molecular weight is 357 g/mol. The molecule has 7 nitrogen and oxygen atoms in total. The molecule has 0 aliphatic rings. The topological polar surface area (TPSA) is 81.5 Å². The molecule has 0 spiro atoms. The Morgan fingerprint density at radius 1 is 1.43 bits per heavy atom. The highest BCUT2D eigenvalue weighted by Crippen LogP contribution is 2.28. The smallest absolute Gasteiger partial charge is 0.328 e. The number of thiol groups is 1. The SMILES string of the molecule is [CH2]CC(C(=O)OC)n1ccnc1N(c1ccc(Cl)cc1)[SH](=O)=O. The Morgan fingerprint density at radius 3 is 2.61 bits per heavy atom. The summed E-state index contributed by atoms with van der Waals surface area (Å²) in [7, 11) is -1.78. The van der Waals surface area contributed by atoms with Crippen LogP contribution < -0.4 is 4.31 Å². The normalized spacial score (nSPS) is 12.2. The van der Waals surface area contributed by atoms with Gasteiger partial charge in [-0.1, -0.05) is 18.5 Å². The van der Waals surface area contributed by atoms with E-state index in [1.165, 1.54) is 24.1 Å². The van der Waals surface area contributed by atoms with E-state index < -0.39 is 22.9 Å². The Labute approximate surface area is 140 Å². The number of carbonyl (C=O) groups is 1. The first-order valence-corrected chi connectivity index (χ1v) is 8.10. The summed E-state index contributed by atoms with van der Waals surface area (Å²) in [4.78, 5) is 15.9. The van der Waals surface area contributed by atoms with Gasteiger partial charge in [-0.3, -0.25) is 0 Å². The molecule has 0 amide bonds. The minimum atomic E-state index is -3.04. The van der Waals surface area contributed by atoms with Gasteiger partial charge in [-0.25, -0.2) is 22.5 Å². The molecule has 2 rings (SSSR count). The number of halogens is 1. The average Bonchev–Trinajstić information content (AvgIpc) is 2.98. The van der Waals surface area contributed by atoms with Gasteiger partial charge < -0.3 is 9.30 Å². The number of aromatic nitrogens is 2. The molecule has 2 aromatic rings. The third-order valence-electron chi connectivity index (χ3n) is 3.15. The molecule has 1 heterocycles. The molecule has 1 aromatic carbocycles.